The van der Waals surface area contributed by atoms with Gasteiger partial charge in [0.25, 0.3) is 11.6 Å². The van der Waals surface area contributed by atoms with Crippen LogP contribution in [0.5, 0.6) is 0 Å². The fourth-order valence-corrected chi connectivity index (χ4v) is 3.48. The Morgan fingerprint density at radius 1 is 1.13 bits per heavy atom. The van der Waals surface area contributed by atoms with Crippen molar-refractivity contribution in [3.8, 4) is 0 Å². The van der Waals surface area contributed by atoms with Gasteiger partial charge in [-0.15, -0.1) is 0 Å². The summed E-state index contributed by atoms with van der Waals surface area (Å²) in [6.07, 6.45) is 0.775. The number of H-pyrrole nitrogens is 1. The first-order valence-electron chi connectivity index (χ1n) is 9.58. The Balaban J connectivity index is 2.21. The number of amides is 1. The molecule has 0 aliphatic carbocycles. The molecule has 30 heavy (non-hydrogen) atoms. The number of nitro groups is 1. The zero-order valence-corrected chi connectivity index (χ0v) is 17.5. The van der Waals surface area contributed by atoms with Crippen molar-refractivity contribution in [2.45, 2.75) is 6.42 Å². The molecule has 2 N–H and O–H groups in total. The molecule has 9 heteroatoms. The van der Waals surface area contributed by atoms with Crippen molar-refractivity contribution in [3.05, 3.63) is 56.2 Å². The molecule has 3 aromatic rings. The number of nitrogens with zero attached hydrogens (tertiary/aromatic N) is 3. The second-order valence-corrected chi connectivity index (χ2v) is 7.60. The number of carbonyl (C=O) groups excluding carboxylic acids is 1. The van der Waals surface area contributed by atoms with Gasteiger partial charge in [0.1, 0.15) is 5.52 Å². The quantitative estimate of drug-likeness (QED) is 0.267. The van der Waals surface area contributed by atoms with Crippen LogP contribution in [0.2, 0.25) is 0 Å². The number of aromatic nitrogens is 1. The summed E-state index contributed by atoms with van der Waals surface area (Å²) in [5.74, 6) is -0.336. The number of benzene rings is 2. The first-order valence-corrected chi connectivity index (χ1v) is 9.58. The van der Waals surface area contributed by atoms with Gasteiger partial charge in [0.05, 0.1) is 26.8 Å². The number of aromatic amines is 1. The number of carbonyl (C=O) groups is 1. The fourth-order valence-electron chi connectivity index (χ4n) is 3.48. The minimum absolute atomic E-state index is 0.109. The average Bonchev–Trinajstić information content (AvgIpc) is 2.69. The largest absolute Gasteiger partial charge is 0.377 e. The predicted octanol–water partition coefficient (Wildman–Crippen LogP) is 2.34. The first kappa shape index (κ1) is 21.3. The molecular formula is C21H25N5O4. The molecule has 9 nitrogen and oxygen atoms in total. The van der Waals surface area contributed by atoms with Crippen LogP contribution in [0.3, 0.4) is 0 Å². The van der Waals surface area contributed by atoms with Gasteiger partial charge in [0.2, 0.25) is 0 Å². The fraction of sp³-hybridized carbons (Fsp3) is 0.333. The smallest absolute Gasteiger partial charge is 0.293 e. The number of fused-ring (bicyclic) bond motifs is 2. The highest BCUT2D eigenvalue weighted by atomic mass is 16.6. The van der Waals surface area contributed by atoms with Crippen LogP contribution < -0.4 is 15.6 Å². The minimum Gasteiger partial charge on any atom is -0.377 e. The zero-order valence-electron chi connectivity index (χ0n) is 17.5. The van der Waals surface area contributed by atoms with E-state index >= 15 is 0 Å². The van der Waals surface area contributed by atoms with Gasteiger partial charge in [-0.1, -0.05) is 6.07 Å². The van der Waals surface area contributed by atoms with E-state index in [-0.39, 0.29) is 39.0 Å². The Morgan fingerprint density at radius 3 is 2.50 bits per heavy atom. The maximum absolute atomic E-state index is 13.3. The molecule has 0 radical (unpaired) electrons. The number of hydrogen-bond donors (Lipinski definition) is 2. The standard InChI is InChI=1S/C21H25N5O4/c1-24(2)12-6-11-22-21(28)14-9-10-15(25(3)4)17-19(14)23-18-13(20(17)27)7-5-8-16(18)26(29)30/h5,7-10H,6,11-12H2,1-4H3,(H,22,28)(H,23,27). The SMILES string of the molecule is CN(C)CCCNC(=O)c1ccc(N(C)C)c2c(=O)c3cccc([N+](=O)[O-])c3[nH]c12. The average molecular weight is 411 g/mol. The summed E-state index contributed by atoms with van der Waals surface area (Å²) in [5, 5.41) is 14.9. The van der Waals surface area contributed by atoms with Crippen LogP contribution in [-0.4, -0.2) is 62.0 Å². The third kappa shape index (κ3) is 3.97. The highest BCUT2D eigenvalue weighted by Crippen LogP contribution is 2.30. The van der Waals surface area contributed by atoms with Crippen molar-refractivity contribution < 1.29 is 9.72 Å². The predicted molar refractivity (Wildman–Crippen MR) is 119 cm³/mol. The lowest BCUT2D eigenvalue weighted by Crippen LogP contribution is -2.28. The Hall–Kier alpha value is -3.46. The van der Waals surface area contributed by atoms with E-state index in [9.17, 15) is 19.7 Å². The van der Waals surface area contributed by atoms with Gasteiger partial charge in [-0.3, -0.25) is 19.7 Å². The molecule has 0 spiro atoms. The van der Waals surface area contributed by atoms with Crippen LogP contribution in [0.4, 0.5) is 11.4 Å². The molecular weight excluding hydrogens is 386 g/mol. The van der Waals surface area contributed by atoms with Crippen molar-refractivity contribution in [1.82, 2.24) is 15.2 Å². The van der Waals surface area contributed by atoms with Crippen LogP contribution in [0.1, 0.15) is 16.8 Å². The van der Waals surface area contributed by atoms with E-state index < -0.39 is 4.92 Å². The van der Waals surface area contributed by atoms with Gasteiger partial charge >= 0.3 is 0 Å². The molecule has 0 saturated carbocycles. The van der Waals surface area contributed by atoms with Crippen LogP contribution in [-0.2, 0) is 0 Å². The lowest BCUT2D eigenvalue weighted by atomic mass is 10.0. The summed E-state index contributed by atoms with van der Waals surface area (Å²) >= 11 is 0. The maximum atomic E-state index is 13.3. The van der Waals surface area contributed by atoms with E-state index in [0.29, 0.717) is 17.6 Å². The lowest BCUT2D eigenvalue weighted by molar-refractivity contribution is -0.383. The normalized spacial score (nSPS) is 11.2. The van der Waals surface area contributed by atoms with Gasteiger partial charge in [0.15, 0.2) is 5.43 Å². The third-order valence-electron chi connectivity index (χ3n) is 4.94. The zero-order chi connectivity index (χ0) is 22.0. The molecule has 0 bridgehead atoms. The lowest BCUT2D eigenvalue weighted by Gasteiger charge is -2.18. The van der Waals surface area contributed by atoms with E-state index in [1.165, 1.54) is 12.1 Å². The summed E-state index contributed by atoms with van der Waals surface area (Å²) < 4.78 is 0. The molecule has 1 heterocycles. The molecule has 2 aromatic carbocycles. The van der Waals surface area contributed by atoms with Gasteiger partial charge < -0.3 is 20.1 Å². The number of nitrogens with one attached hydrogen (secondary N) is 2. The summed E-state index contributed by atoms with van der Waals surface area (Å²) in [6, 6.07) is 7.72. The molecule has 0 unspecified atom stereocenters. The summed E-state index contributed by atoms with van der Waals surface area (Å²) in [4.78, 5) is 43.9. The topological polar surface area (TPSA) is 112 Å². The number of anilines is 1. The Bertz CT molecular complexity index is 1180. The van der Waals surface area contributed by atoms with E-state index in [0.717, 1.165) is 13.0 Å². The van der Waals surface area contributed by atoms with E-state index in [1.807, 2.05) is 19.0 Å². The second-order valence-electron chi connectivity index (χ2n) is 7.60. The third-order valence-corrected chi connectivity index (χ3v) is 4.94. The van der Waals surface area contributed by atoms with Crippen LogP contribution in [0.15, 0.2) is 35.1 Å². The summed E-state index contributed by atoms with van der Waals surface area (Å²) in [6.45, 7) is 1.31. The van der Waals surface area contributed by atoms with Crippen molar-refractivity contribution >= 4 is 39.1 Å². The maximum Gasteiger partial charge on any atom is 0.293 e. The number of para-hydroxylation sites is 1. The van der Waals surface area contributed by atoms with Gasteiger partial charge in [-0.2, -0.15) is 0 Å². The first-order chi connectivity index (χ1) is 14.2. The number of non-ortho nitro benzene ring substituents is 1. The van der Waals surface area contributed by atoms with Gasteiger partial charge in [-0.05, 0) is 45.3 Å². The minimum atomic E-state index is -0.541. The molecule has 0 aliphatic rings. The van der Waals surface area contributed by atoms with E-state index in [2.05, 4.69) is 10.3 Å². The number of rotatable bonds is 7. The molecule has 1 amide bonds. The Kier molecular flexibility index (Phi) is 6.02. The molecule has 0 fully saturated rings. The second kappa shape index (κ2) is 8.50. The summed E-state index contributed by atoms with van der Waals surface area (Å²) in [5.41, 5.74) is 0.740. The molecule has 3 rings (SSSR count). The number of hydrogen-bond acceptors (Lipinski definition) is 6. The van der Waals surface area contributed by atoms with Crippen molar-refractivity contribution in [3.63, 3.8) is 0 Å². The van der Waals surface area contributed by atoms with Gasteiger partial charge in [-0.25, -0.2) is 0 Å². The van der Waals surface area contributed by atoms with Crippen molar-refractivity contribution in [1.29, 1.82) is 0 Å². The number of nitro benzene ring substituents is 1. The molecule has 0 atom stereocenters. The van der Waals surface area contributed by atoms with Crippen LogP contribution in [0.25, 0.3) is 21.8 Å². The molecule has 0 aliphatic heterocycles. The van der Waals surface area contributed by atoms with Gasteiger partial charge in [0, 0.05) is 32.4 Å². The Labute approximate surface area is 173 Å². The van der Waals surface area contributed by atoms with Crippen LogP contribution in [0, 0.1) is 10.1 Å². The highest BCUT2D eigenvalue weighted by molar-refractivity contribution is 6.11. The van der Waals surface area contributed by atoms with Crippen molar-refractivity contribution in [2.75, 3.05) is 46.2 Å². The van der Waals surface area contributed by atoms with E-state index in [4.69, 9.17) is 0 Å². The molecule has 1 aromatic heterocycles. The van der Waals surface area contributed by atoms with E-state index in [1.54, 1.807) is 37.2 Å². The Morgan fingerprint density at radius 2 is 1.87 bits per heavy atom. The van der Waals surface area contributed by atoms with Crippen molar-refractivity contribution in [2.24, 2.45) is 0 Å². The summed E-state index contributed by atoms with van der Waals surface area (Å²) in [7, 11) is 7.51. The highest BCUT2D eigenvalue weighted by Gasteiger charge is 2.21. The molecule has 0 saturated heterocycles. The monoisotopic (exact) mass is 411 g/mol. The van der Waals surface area contributed by atoms with Crippen LogP contribution >= 0.6 is 0 Å². The number of pyridine rings is 1. The molecule has 158 valence electrons.